The standard InChI is InChI=1S/C27H24N4O3/c32-22-7-5-16-21(8-9-28-26(16)31-22)33-15-4-6-20-17(12-15)23-24(25(23)34-20)27-29-18-10-13-2-1-3-14(13)11-19(18)30-27/h4,6,8-12,23-25,27,29-30H,1-3,5,7H2,(H,28,31,32). The molecule has 5 aliphatic rings. The maximum absolute atomic E-state index is 11.7. The number of pyridine rings is 1. The van der Waals surface area contributed by atoms with Crippen molar-refractivity contribution in [1.29, 1.82) is 0 Å². The van der Waals surface area contributed by atoms with E-state index in [0.29, 0.717) is 30.5 Å². The van der Waals surface area contributed by atoms with Gasteiger partial charge in [0, 0.05) is 35.6 Å². The molecule has 0 bridgehead atoms. The highest BCUT2D eigenvalue weighted by molar-refractivity contribution is 5.93. The fourth-order valence-electron chi connectivity index (χ4n) is 6.25. The molecule has 4 heterocycles. The SMILES string of the molecule is O=C1CCc2c(Oc3ccc4c(c3)C3C(O4)C3C3Nc4cc5c(cc4N3)CCC5)ccnc2N1. The van der Waals surface area contributed by atoms with E-state index in [9.17, 15) is 4.79 Å². The van der Waals surface area contributed by atoms with Crippen LogP contribution in [0.3, 0.4) is 0 Å². The van der Waals surface area contributed by atoms with E-state index in [1.54, 1.807) is 6.20 Å². The Bertz CT molecular complexity index is 1350. The lowest BCUT2D eigenvalue weighted by Gasteiger charge is -2.19. The monoisotopic (exact) mass is 452 g/mol. The van der Waals surface area contributed by atoms with Crippen molar-refractivity contribution in [2.45, 2.75) is 50.3 Å². The Morgan fingerprint density at radius 2 is 1.79 bits per heavy atom. The van der Waals surface area contributed by atoms with Gasteiger partial charge in [0.15, 0.2) is 0 Å². The van der Waals surface area contributed by atoms with Gasteiger partial charge in [-0.05, 0) is 73.2 Å². The summed E-state index contributed by atoms with van der Waals surface area (Å²) >= 11 is 0. The van der Waals surface area contributed by atoms with Crippen LogP contribution in [-0.4, -0.2) is 23.2 Å². The maximum atomic E-state index is 11.7. The average molecular weight is 453 g/mol. The molecule has 2 aliphatic carbocycles. The zero-order valence-corrected chi connectivity index (χ0v) is 18.6. The van der Waals surface area contributed by atoms with E-state index in [4.69, 9.17) is 9.47 Å². The van der Waals surface area contributed by atoms with Crippen molar-refractivity contribution >= 4 is 23.1 Å². The van der Waals surface area contributed by atoms with Gasteiger partial charge in [-0.25, -0.2) is 4.98 Å². The fourth-order valence-corrected chi connectivity index (χ4v) is 6.25. The van der Waals surface area contributed by atoms with Gasteiger partial charge in [0.05, 0.1) is 11.4 Å². The summed E-state index contributed by atoms with van der Waals surface area (Å²) in [6.07, 6.45) is 6.78. The van der Waals surface area contributed by atoms with Crippen LogP contribution in [0.4, 0.5) is 17.2 Å². The average Bonchev–Trinajstić information content (AvgIpc) is 3.16. The molecule has 1 saturated carbocycles. The van der Waals surface area contributed by atoms with Crippen molar-refractivity contribution in [3.63, 3.8) is 0 Å². The van der Waals surface area contributed by atoms with Crippen LogP contribution in [0.2, 0.25) is 0 Å². The lowest BCUT2D eigenvalue weighted by Crippen LogP contribution is -2.28. The molecule has 3 atom stereocenters. The van der Waals surface area contributed by atoms with E-state index in [2.05, 4.69) is 39.1 Å². The molecule has 1 amide bonds. The lowest BCUT2D eigenvalue weighted by atomic mass is 10.1. The van der Waals surface area contributed by atoms with E-state index in [1.165, 1.54) is 47.3 Å². The van der Waals surface area contributed by atoms with Crippen molar-refractivity contribution in [3.8, 4) is 17.2 Å². The summed E-state index contributed by atoms with van der Waals surface area (Å²) in [4.78, 5) is 16.0. The predicted octanol–water partition coefficient (Wildman–Crippen LogP) is 4.59. The molecule has 3 aromatic rings. The molecule has 7 heteroatoms. The summed E-state index contributed by atoms with van der Waals surface area (Å²) in [5.74, 6) is 3.82. The molecule has 170 valence electrons. The summed E-state index contributed by atoms with van der Waals surface area (Å²) in [6, 6.07) is 12.6. The van der Waals surface area contributed by atoms with Crippen molar-refractivity contribution in [2.75, 3.05) is 16.0 Å². The highest BCUT2D eigenvalue weighted by Crippen LogP contribution is 2.61. The van der Waals surface area contributed by atoms with Crippen molar-refractivity contribution in [3.05, 3.63) is 64.8 Å². The number of carbonyl (C=O) groups excluding carboxylic acids is 1. The number of nitrogens with one attached hydrogen (secondary N) is 3. The summed E-state index contributed by atoms with van der Waals surface area (Å²) < 4.78 is 12.6. The second kappa shape index (κ2) is 6.65. The van der Waals surface area contributed by atoms with Gasteiger partial charge in [-0.1, -0.05) is 0 Å². The van der Waals surface area contributed by atoms with Crippen LogP contribution in [0, 0.1) is 5.92 Å². The number of amides is 1. The van der Waals surface area contributed by atoms with Crippen LogP contribution < -0.4 is 25.4 Å². The topological polar surface area (TPSA) is 84.5 Å². The summed E-state index contributed by atoms with van der Waals surface area (Å²) in [6.45, 7) is 0. The Hall–Kier alpha value is -3.74. The van der Waals surface area contributed by atoms with Gasteiger partial charge in [0.1, 0.15) is 35.3 Å². The molecule has 3 unspecified atom stereocenters. The third kappa shape index (κ3) is 2.70. The first-order chi connectivity index (χ1) is 16.7. The van der Waals surface area contributed by atoms with Crippen molar-refractivity contribution in [2.24, 2.45) is 5.92 Å². The van der Waals surface area contributed by atoms with Crippen LogP contribution >= 0.6 is 0 Å². The number of nitrogens with zero attached hydrogens (tertiary/aromatic N) is 1. The first kappa shape index (κ1) is 18.7. The Morgan fingerprint density at radius 1 is 0.971 bits per heavy atom. The summed E-state index contributed by atoms with van der Waals surface area (Å²) in [5, 5.41) is 10.3. The van der Waals surface area contributed by atoms with Crippen LogP contribution in [0.15, 0.2) is 42.6 Å². The number of aryl methyl sites for hydroxylation is 2. The second-order valence-electron chi connectivity index (χ2n) is 9.96. The molecule has 2 aromatic carbocycles. The van der Waals surface area contributed by atoms with E-state index >= 15 is 0 Å². The van der Waals surface area contributed by atoms with Gasteiger partial charge in [-0.2, -0.15) is 0 Å². The number of benzene rings is 2. The molecule has 1 fully saturated rings. The number of rotatable bonds is 3. The lowest BCUT2D eigenvalue weighted by molar-refractivity contribution is -0.116. The zero-order chi connectivity index (χ0) is 22.4. The summed E-state index contributed by atoms with van der Waals surface area (Å²) in [7, 11) is 0. The minimum Gasteiger partial charge on any atom is -0.489 e. The van der Waals surface area contributed by atoms with E-state index < -0.39 is 0 Å². The van der Waals surface area contributed by atoms with Crippen LogP contribution in [0.5, 0.6) is 17.2 Å². The van der Waals surface area contributed by atoms with Gasteiger partial charge >= 0.3 is 0 Å². The molecule has 34 heavy (non-hydrogen) atoms. The largest absolute Gasteiger partial charge is 0.489 e. The summed E-state index contributed by atoms with van der Waals surface area (Å²) in [5.41, 5.74) is 7.60. The molecule has 0 spiro atoms. The first-order valence-corrected chi connectivity index (χ1v) is 12.2. The van der Waals surface area contributed by atoms with E-state index in [1.807, 2.05) is 18.2 Å². The minimum atomic E-state index is -0.00135. The van der Waals surface area contributed by atoms with E-state index in [0.717, 1.165) is 22.8 Å². The Kier molecular flexibility index (Phi) is 3.65. The number of fused-ring (bicyclic) bond motifs is 6. The molecule has 0 radical (unpaired) electrons. The number of carbonyl (C=O) groups is 1. The number of hydrogen-bond acceptors (Lipinski definition) is 6. The Labute approximate surface area is 196 Å². The van der Waals surface area contributed by atoms with Gasteiger partial charge in [0.25, 0.3) is 0 Å². The maximum Gasteiger partial charge on any atom is 0.225 e. The van der Waals surface area contributed by atoms with Crippen molar-refractivity contribution < 1.29 is 14.3 Å². The smallest absolute Gasteiger partial charge is 0.225 e. The zero-order valence-electron chi connectivity index (χ0n) is 18.6. The number of aromatic nitrogens is 1. The van der Waals surface area contributed by atoms with Gasteiger partial charge < -0.3 is 25.4 Å². The molecule has 1 aromatic heterocycles. The molecular formula is C27H24N4O3. The Morgan fingerprint density at radius 3 is 2.62 bits per heavy atom. The quantitative estimate of drug-likeness (QED) is 0.539. The highest BCUT2D eigenvalue weighted by atomic mass is 16.5. The molecule has 3 N–H and O–H groups in total. The van der Waals surface area contributed by atoms with Crippen LogP contribution in [0.1, 0.15) is 41.0 Å². The molecule has 7 nitrogen and oxygen atoms in total. The Balaban J connectivity index is 1.03. The van der Waals surface area contributed by atoms with E-state index in [-0.39, 0.29) is 18.2 Å². The van der Waals surface area contributed by atoms with Crippen LogP contribution in [-0.2, 0) is 24.1 Å². The number of hydrogen-bond donors (Lipinski definition) is 3. The minimum absolute atomic E-state index is 0.00135. The molecule has 0 saturated heterocycles. The third-order valence-electron chi connectivity index (χ3n) is 7.95. The van der Waals surface area contributed by atoms with Crippen molar-refractivity contribution in [1.82, 2.24) is 4.98 Å². The normalized spacial score (nSPS) is 25.1. The fraction of sp³-hybridized carbons (Fsp3) is 0.333. The molecule has 8 rings (SSSR count). The molecule has 3 aliphatic heterocycles. The third-order valence-corrected chi connectivity index (χ3v) is 7.95. The molecular weight excluding hydrogens is 428 g/mol. The predicted molar refractivity (Wildman–Crippen MR) is 128 cm³/mol. The van der Waals surface area contributed by atoms with Crippen LogP contribution in [0.25, 0.3) is 0 Å². The highest BCUT2D eigenvalue weighted by Gasteiger charge is 2.63. The van der Waals surface area contributed by atoms with Gasteiger partial charge in [0.2, 0.25) is 5.91 Å². The number of ether oxygens (including phenoxy) is 2. The van der Waals surface area contributed by atoms with Gasteiger partial charge in [-0.3, -0.25) is 4.79 Å². The second-order valence-corrected chi connectivity index (χ2v) is 9.96. The van der Waals surface area contributed by atoms with Gasteiger partial charge in [-0.15, -0.1) is 0 Å². The first-order valence-electron chi connectivity index (χ1n) is 12.2. The number of anilines is 3.